The molecule has 0 aliphatic heterocycles. The van der Waals surface area contributed by atoms with Crippen LogP contribution in [0.15, 0.2) is 24.3 Å². The molecule has 0 bridgehead atoms. The second-order valence-corrected chi connectivity index (χ2v) is 5.08. The molecule has 6 heteroatoms. The van der Waals surface area contributed by atoms with Gasteiger partial charge in [0, 0.05) is 10.6 Å². The molecule has 1 unspecified atom stereocenters. The third-order valence-electron chi connectivity index (χ3n) is 1.70. The normalized spacial score (nSPS) is 13.8. The SMILES string of the molecule is CS(=O)(=O)OCC(O)c1ccccc1Cl. The third-order valence-corrected chi connectivity index (χ3v) is 2.61. The Kier molecular flexibility index (Phi) is 4.10. The van der Waals surface area contributed by atoms with Gasteiger partial charge in [0.1, 0.15) is 6.10 Å². The van der Waals surface area contributed by atoms with Crippen molar-refractivity contribution in [3.63, 3.8) is 0 Å². The molecule has 1 N–H and O–H groups in total. The summed E-state index contributed by atoms with van der Waals surface area (Å²) < 4.78 is 25.8. The number of halogens is 1. The predicted molar refractivity (Wildman–Crippen MR) is 57.2 cm³/mol. The summed E-state index contributed by atoms with van der Waals surface area (Å²) >= 11 is 5.80. The number of aliphatic hydroxyl groups is 1. The van der Waals surface area contributed by atoms with Crippen LogP contribution in [-0.4, -0.2) is 26.4 Å². The molecule has 15 heavy (non-hydrogen) atoms. The average Bonchev–Trinajstić information content (AvgIpc) is 2.14. The van der Waals surface area contributed by atoms with Crippen LogP contribution in [0, 0.1) is 0 Å². The van der Waals surface area contributed by atoms with Gasteiger partial charge in [-0.1, -0.05) is 29.8 Å². The van der Waals surface area contributed by atoms with Crippen molar-refractivity contribution in [3.8, 4) is 0 Å². The van der Waals surface area contributed by atoms with E-state index in [2.05, 4.69) is 4.18 Å². The van der Waals surface area contributed by atoms with Crippen LogP contribution in [0.1, 0.15) is 11.7 Å². The number of hydrogen-bond donors (Lipinski definition) is 1. The molecule has 84 valence electrons. The predicted octanol–water partition coefficient (Wildman–Crippen LogP) is 1.35. The second-order valence-electron chi connectivity index (χ2n) is 3.03. The Morgan fingerprint density at radius 3 is 2.60 bits per heavy atom. The highest BCUT2D eigenvalue weighted by molar-refractivity contribution is 7.85. The maximum atomic E-state index is 10.7. The first-order valence-electron chi connectivity index (χ1n) is 4.17. The Labute approximate surface area is 93.6 Å². The van der Waals surface area contributed by atoms with Crippen LogP contribution in [0.25, 0.3) is 0 Å². The minimum absolute atomic E-state index is 0.331. The Bertz CT molecular complexity index is 429. The summed E-state index contributed by atoms with van der Waals surface area (Å²) in [7, 11) is -3.54. The van der Waals surface area contributed by atoms with Gasteiger partial charge in [-0.3, -0.25) is 4.18 Å². The molecule has 0 saturated heterocycles. The minimum atomic E-state index is -3.54. The van der Waals surface area contributed by atoms with Crippen molar-refractivity contribution in [2.45, 2.75) is 6.10 Å². The van der Waals surface area contributed by atoms with E-state index >= 15 is 0 Å². The van der Waals surface area contributed by atoms with Crippen molar-refractivity contribution in [1.82, 2.24) is 0 Å². The molecule has 0 heterocycles. The number of rotatable bonds is 4. The molecular formula is C9H11ClO4S. The van der Waals surface area contributed by atoms with Crippen LogP contribution in [0.5, 0.6) is 0 Å². The highest BCUT2D eigenvalue weighted by atomic mass is 35.5. The summed E-state index contributed by atoms with van der Waals surface area (Å²) in [6.07, 6.45) is -0.125. The summed E-state index contributed by atoms with van der Waals surface area (Å²) in [5.41, 5.74) is 0.447. The van der Waals surface area contributed by atoms with Crippen molar-refractivity contribution in [1.29, 1.82) is 0 Å². The van der Waals surface area contributed by atoms with E-state index in [9.17, 15) is 13.5 Å². The molecule has 1 rings (SSSR count). The van der Waals surface area contributed by atoms with E-state index in [1.807, 2.05) is 0 Å². The van der Waals surface area contributed by atoms with Crippen LogP contribution in [0.2, 0.25) is 5.02 Å². The molecule has 1 aromatic rings. The summed E-state index contributed by atoms with van der Waals surface area (Å²) in [4.78, 5) is 0. The van der Waals surface area contributed by atoms with E-state index in [0.29, 0.717) is 10.6 Å². The minimum Gasteiger partial charge on any atom is -0.386 e. The van der Waals surface area contributed by atoms with Gasteiger partial charge in [-0.05, 0) is 6.07 Å². The first-order chi connectivity index (χ1) is 6.90. The van der Waals surface area contributed by atoms with Crippen molar-refractivity contribution in [3.05, 3.63) is 34.9 Å². The van der Waals surface area contributed by atoms with Crippen molar-refractivity contribution >= 4 is 21.7 Å². The van der Waals surface area contributed by atoms with Gasteiger partial charge in [-0.15, -0.1) is 0 Å². The Morgan fingerprint density at radius 1 is 1.47 bits per heavy atom. The fourth-order valence-electron chi connectivity index (χ4n) is 1.02. The summed E-state index contributed by atoms with van der Waals surface area (Å²) in [6, 6.07) is 6.64. The van der Waals surface area contributed by atoms with Crippen LogP contribution in [0.3, 0.4) is 0 Å². The number of benzene rings is 1. The van der Waals surface area contributed by atoms with Crippen LogP contribution in [-0.2, 0) is 14.3 Å². The zero-order valence-corrected chi connectivity index (χ0v) is 9.62. The smallest absolute Gasteiger partial charge is 0.264 e. The largest absolute Gasteiger partial charge is 0.386 e. The summed E-state index contributed by atoms with van der Waals surface area (Å²) in [5.74, 6) is 0. The quantitative estimate of drug-likeness (QED) is 0.820. The zero-order chi connectivity index (χ0) is 11.5. The molecular weight excluding hydrogens is 240 g/mol. The Hall–Kier alpha value is -0.620. The summed E-state index contributed by atoms with van der Waals surface area (Å²) in [6.45, 7) is -0.331. The standard InChI is InChI=1S/C9H11ClO4S/c1-15(12,13)14-6-9(11)7-4-2-3-5-8(7)10/h2-5,9,11H,6H2,1H3. The van der Waals surface area contributed by atoms with Gasteiger partial charge in [0.2, 0.25) is 0 Å². The first-order valence-corrected chi connectivity index (χ1v) is 6.36. The highest BCUT2D eigenvalue weighted by Crippen LogP contribution is 2.22. The molecule has 0 fully saturated rings. The van der Waals surface area contributed by atoms with Gasteiger partial charge in [-0.2, -0.15) is 8.42 Å². The molecule has 0 saturated carbocycles. The molecule has 0 radical (unpaired) electrons. The second kappa shape index (κ2) is 4.94. The van der Waals surface area contributed by atoms with Gasteiger partial charge < -0.3 is 5.11 Å². The van der Waals surface area contributed by atoms with E-state index < -0.39 is 16.2 Å². The lowest BCUT2D eigenvalue weighted by molar-refractivity contribution is 0.112. The maximum absolute atomic E-state index is 10.7. The molecule has 1 atom stereocenters. The lowest BCUT2D eigenvalue weighted by Crippen LogP contribution is -2.12. The molecule has 0 aliphatic carbocycles. The Morgan fingerprint density at radius 2 is 2.07 bits per heavy atom. The topological polar surface area (TPSA) is 63.6 Å². The average molecular weight is 251 g/mol. The maximum Gasteiger partial charge on any atom is 0.264 e. The van der Waals surface area contributed by atoms with Gasteiger partial charge in [0.25, 0.3) is 10.1 Å². The van der Waals surface area contributed by atoms with Gasteiger partial charge >= 0.3 is 0 Å². The summed E-state index contributed by atoms with van der Waals surface area (Å²) in [5, 5.41) is 9.97. The van der Waals surface area contributed by atoms with Crippen molar-refractivity contribution in [2.24, 2.45) is 0 Å². The molecule has 1 aromatic carbocycles. The highest BCUT2D eigenvalue weighted by Gasteiger charge is 2.13. The number of hydrogen-bond acceptors (Lipinski definition) is 4. The lowest BCUT2D eigenvalue weighted by Gasteiger charge is -2.11. The van der Waals surface area contributed by atoms with Crippen LogP contribution in [0.4, 0.5) is 0 Å². The van der Waals surface area contributed by atoms with Crippen molar-refractivity contribution < 1.29 is 17.7 Å². The van der Waals surface area contributed by atoms with Crippen LogP contribution >= 0.6 is 11.6 Å². The van der Waals surface area contributed by atoms with E-state index in [0.717, 1.165) is 6.26 Å². The van der Waals surface area contributed by atoms with E-state index in [-0.39, 0.29) is 6.61 Å². The number of aliphatic hydroxyl groups excluding tert-OH is 1. The fourth-order valence-corrected chi connectivity index (χ4v) is 1.66. The van der Waals surface area contributed by atoms with E-state index in [1.54, 1.807) is 24.3 Å². The van der Waals surface area contributed by atoms with E-state index in [4.69, 9.17) is 11.6 Å². The zero-order valence-electron chi connectivity index (χ0n) is 8.05. The molecule has 0 aliphatic rings. The lowest BCUT2D eigenvalue weighted by atomic mass is 10.1. The van der Waals surface area contributed by atoms with Gasteiger partial charge in [0.15, 0.2) is 0 Å². The Balaban J connectivity index is 2.70. The van der Waals surface area contributed by atoms with Gasteiger partial charge in [0.05, 0.1) is 12.9 Å². The fraction of sp³-hybridized carbons (Fsp3) is 0.333. The molecule has 4 nitrogen and oxygen atoms in total. The monoisotopic (exact) mass is 250 g/mol. The van der Waals surface area contributed by atoms with Crippen LogP contribution < -0.4 is 0 Å². The van der Waals surface area contributed by atoms with Gasteiger partial charge in [-0.25, -0.2) is 0 Å². The van der Waals surface area contributed by atoms with E-state index in [1.165, 1.54) is 0 Å². The van der Waals surface area contributed by atoms with Crippen molar-refractivity contribution in [2.75, 3.05) is 12.9 Å². The molecule has 0 amide bonds. The first kappa shape index (κ1) is 12.4. The molecule has 0 spiro atoms. The molecule has 0 aromatic heterocycles. The third kappa shape index (κ3) is 4.17.